The number of carbonyl (C=O) groups excluding carboxylic acids is 2. The Balaban J connectivity index is 1.14. The molecule has 3 aliphatic rings. The minimum atomic E-state index is -1.33. The van der Waals surface area contributed by atoms with E-state index in [-0.39, 0.29) is 17.0 Å². The number of nitrogens with zero attached hydrogens (tertiary/aromatic N) is 2. The number of nitrogens with one attached hydrogen (secondary N) is 1. The lowest BCUT2D eigenvalue weighted by atomic mass is 10.0. The predicted octanol–water partition coefficient (Wildman–Crippen LogP) is 6.02. The number of nitrogens with two attached hydrogens (primary N) is 1. The van der Waals surface area contributed by atoms with Gasteiger partial charge in [-0.25, -0.2) is 4.39 Å². The second-order valence-electron chi connectivity index (χ2n) is 12.4. The number of anilines is 2. The number of pyridine rings is 1. The lowest BCUT2D eigenvalue weighted by Gasteiger charge is -2.27. The number of ether oxygens (including phenoxy) is 3. The van der Waals surface area contributed by atoms with Gasteiger partial charge in [-0.05, 0) is 87.4 Å². The van der Waals surface area contributed by atoms with Gasteiger partial charge < -0.3 is 25.3 Å². The Bertz CT molecular complexity index is 1770. The largest absolute Gasteiger partial charge is 0.493 e. The van der Waals surface area contributed by atoms with Crippen molar-refractivity contribution in [1.82, 2.24) is 10.3 Å². The van der Waals surface area contributed by atoms with E-state index in [2.05, 4.69) is 10.3 Å². The van der Waals surface area contributed by atoms with E-state index in [1.165, 1.54) is 29.9 Å². The van der Waals surface area contributed by atoms with Gasteiger partial charge in [0.1, 0.15) is 23.5 Å². The molecule has 1 heterocycles. The lowest BCUT2D eigenvalue weighted by Crippen LogP contribution is -2.41. The number of hydrogen-bond acceptors (Lipinski definition) is 7. The minimum Gasteiger partial charge on any atom is -0.493 e. The summed E-state index contributed by atoms with van der Waals surface area (Å²) >= 11 is 0. The van der Waals surface area contributed by atoms with Crippen LogP contribution >= 0.6 is 0 Å². The molecular formula is C35H35FN4O5. The van der Waals surface area contributed by atoms with E-state index < -0.39 is 23.0 Å². The van der Waals surface area contributed by atoms with E-state index in [0.717, 1.165) is 25.3 Å². The average Bonchev–Trinajstić information content (AvgIpc) is 3.91. The van der Waals surface area contributed by atoms with E-state index in [1.54, 1.807) is 55.8 Å². The normalized spacial score (nSPS) is 17.4. The Morgan fingerprint density at radius 2 is 1.78 bits per heavy atom. The monoisotopic (exact) mass is 610 g/mol. The Morgan fingerprint density at radius 1 is 1.00 bits per heavy atom. The van der Waals surface area contributed by atoms with E-state index in [4.69, 9.17) is 19.9 Å². The number of primary amides is 1. The third-order valence-electron chi connectivity index (χ3n) is 9.04. The maximum absolute atomic E-state index is 15.8. The van der Waals surface area contributed by atoms with Gasteiger partial charge in [0, 0.05) is 29.4 Å². The number of methoxy groups -OCH3 is 1. The molecular weight excluding hydrogens is 575 g/mol. The Kier molecular flexibility index (Phi) is 7.32. The summed E-state index contributed by atoms with van der Waals surface area (Å²) < 4.78 is 33.9. The van der Waals surface area contributed by atoms with Gasteiger partial charge >= 0.3 is 0 Å². The van der Waals surface area contributed by atoms with Crippen LogP contribution in [0.5, 0.6) is 23.0 Å². The third kappa shape index (κ3) is 5.78. The summed E-state index contributed by atoms with van der Waals surface area (Å²) in [6, 6.07) is 18.2. The smallest absolute Gasteiger partial charge is 0.247 e. The highest BCUT2D eigenvalue weighted by atomic mass is 19.1. The van der Waals surface area contributed by atoms with Crippen molar-refractivity contribution < 1.29 is 28.2 Å². The fraction of sp³-hybridized carbons (Fsp3) is 0.343. The highest BCUT2D eigenvalue weighted by Crippen LogP contribution is 2.49. The van der Waals surface area contributed by atoms with Gasteiger partial charge in [0.2, 0.25) is 11.8 Å². The highest BCUT2D eigenvalue weighted by Gasteiger charge is 2.57. The molecule has 232 valence electrons. The van der Waals surface area contributed by atoms with Crippen molar-refractivity contribution in [2.24, 2.45) is 17.1 Å². The molecule has 10 heteroatoms. The van der Waals surface area contributed by atoms with Crippen molar-refractivity contribution in [3.63, 3.8) is 0 Å². The first-order valence-corrected chi connectivity index (χ1v) is 15.3. The summed E-state index contributed by atoms with van der Waals surface area (Å²) in [6.45, 7) is 1.59. The van der Waals surface area contributed by atoms with Crippen molar-refractivity contribution in [2.75, 3.05) is 25.2 Å². The molecule has 7 rings (SSSR count). The SMILES string of the molecule is COc1cc2c(Oc3ccc(N(C(=O)C4(C(N)=O)CC4)c4ccccc4)c(F)c3)ccnc2cc1OCC1(NCC2CC2)CC1. The van der Waals surface area contributed by atoms with Gasteiger partial charge in [0.15, 0.2) is 17.3 Å². The zero-order valence-electron chi connectivity index (χ0n) is 25.1. The summed E-state index contributed by atoms with van der Waals surface area (Å²) in [7, 11) is 1.58. The number of aromatic nitrogens is 1. The van der Waals surface area contributed by atoms with Gasteiger partial charge in [-0.3, -0.25) is 19.5 Å². The van der Waals surface area contributed by atoms with Crippen LogP contribution in [0.1, 0.15) is 38.5 Å². The van der Waals surface area contributed by atoms with Crippen LogP contribution < -0.4 is 30.2 Å². The molecule has 0 unspecified atom stereocenters. The first-order valence-electron chi connectivity index (χ1n) is 15.3. The van der Waals surface area contributed by atoms with Crippen LogP contribution in [0.4, 0.5) is 15.8 Å². The molecule has 1 aromatic heterocycles. The number of amides is 2. The fourth-order valence-corrected chi connectivity index (χ4v) is 5.62. The molecule has 9 nitrogen and oxygen atoms in total. The van der Waals surface area contributed by atoms with Crippen molar-refractivity contribution in [3.8, 4) is 23.0 Å². The second-order valence-corrected chi connectivity index (χ2v) is 12.4. The van der Waals surface area contributed by atoms with Crippen LogP contribution in [-0.2, 0) is 9.59 Å². The minimum absolute atomic E-state index is 0.00539. The summed E-state index contributed by atoms with van der Waals surface area (Å²) in [5.41, 5.74) is 5.34. The van der Waals surface area contributed by atoms with Crippen molar-refractivity contribution in [2.45, 2.75) is 44.1 Å². The number of fused-ring (bicyclic) bond motifs is 1. The molecule has 3 fully saturated rings. The van der Waals surface area contributed by atoms with Gasteiger partial charge in [0.05, 0.1) is 23.9 Å². The number of rotatable bonds is 13. The number of halogens is 1. The summed E-state index contributed by atoms with van der Waals surface area (Å²) in [6.07, 6.45) is 7.06. The molecule has 0 bridgehead atoms. The van der Waals surface area contributed by atoms with Crippen LogP contribution in [0.3, 0.4) is 0 Å². The summed E-state index contributed by atoms with van der Waals surface area (Å²) in [4.78, 5) is 31.5. The third-order valence-corrected chi connectivity index (χ3v) is 9.04. The van der Waals surface area contributed by atoms with E-state index >= 15 is 4.39 Å². The lowest BCUT2D eigenvalue weighted by molar-refractivity contribution is -0.133. The van der Waals surface area contributed by atoms with Crippen LogP contribution in [0.2, 0.25) is 0 Å². The zero-order chi connectivity index (χ0) is 31.2. The average molecular weight is 611 g/mol. The number of benzene rings is 3. The molecule has 45 heavy (non-hydrogen) atoms. The molecule has 0 aliphatic heterocycles. The first kappa shape index (κ1) is 29.0. The standard InChI is InChI=1S/C35H35FN4O5/c1-43-30-18-25-27(19-31(30)44-21-34(12-13-34)39-20-22-7-8-22)38-16-11-29(25)45-24-9-10-28(26(36)17-24)40(23-5-3-2-4-6-23)33(42)35(14-15-35)32(37)41/h2-6,9-11,16-19,22,39H,7-8,12-15,20-21H2,1H3,(H2,37,41). The Labute approximate surface area is 260 Å². The van der Waals surface area contributed by atoms with Crippen LogP contribution in [0.25, 0.3) is 10.9 Å². The topological polar surface area (TPSA) is 116 Å². The molecule has 3 aromatic carbocycles. The van der Waals surface area contributed by atoms with Gasteiger partial charge in [-0.2, -0.15) is 0 Å². The maximum atomic E-state index is 15.8. The zero-order valence-corrected chi connectivity index (χ0v) is 25.1. The highest BCUT2D eigenvalue weighted by molar-refractivity contribution is 6.16. The predicted molar refractivity (Wildman–Crippen MR) is 167 cm³/mol. The Hall–Kier alpha value is -4.70. The molecule has 4 aromatic rings. The number of carbonyl (C=O) groups is 2. The van der Waals surface area contributed by atoms with E-state index in [9.17, 15) is 9.59 Å². The maximum Gasteiger partial charge on any atom is 0.247 e. The number of hydrogen-bond donors (Lipinski definition) is 2. The fourth-order valence-electron chi connectivity index (χ4n) is 5.62. The molecule has 0 atom stereocenters. The van der Waals surface area contributed by atoms with Gasteiger partial charge in [0.25, 0.3) is 0 Å². The van der Waals surface area contributed by atoms with Crippen LogP contribution in [-0.4, -0.2) is 42.6 Å². The first-order chi connectivity index (χ1) is 21.8. The molecule has 3 aliphatic carbocycles. The van der Waals surface area contributed by atoms with E-state index in [0.29, 0.717) is 53.3 Å². The van der Waals surface area contributed by atoms with Crippen molar-refractivity contribution in [3.05, 3.63) is 78.7 Å². The summed E-state index contributed by atoms with van der Waals surface area (Å²) in [5, 5.41) is 4.35. The molecule has 3 N–H and O–H groups in total. The van der Waals surface area contributed by atoms with E-state index in [1.807, 2.05) is 12.1 Å². The Morgan fingerprint density at radius 3 is 2.42 bits per heavy atom. The quantitative estimate of drug-likeness (QED) is 0.178. The molecule has 0 radical (unpaired) electrons. The molecule has 0 saturated heterocycles. The van der Waals surface area contributed by atoms with Gasteiger partial charge in [-0.1, -0.05) is 18.2 Å². The molecule has 3 saturated carbocycles. The number of para-hydroxylation sites is 1. The van der Waals surface area contributed by atoms with Crippen LogP contribution in [0, 0.1) is 17.2 Å². The van der Waals surface area contributed by atoms with Crippen molar-refractivity contribution in [1.29, 1.82) is 0 Å². The van der Waals surface area contributed by atoms with Crippen LogP contribution in [0.15, 0.2) is 72.9 Å². The summed E-state index contributed by atoms with van der Waals surface area (Å²) in [5.74, 6) is 0.651. The second kappa shape index (κ2) is 11.3. The molecule has 0 spiro atoms. The van der Waals surface area contributed by atoms with Gasteiger partial charge in [-0.15, -0.1) is 0 Å². The molecule has 2 amide bonds. The van der Waals surface area contributed by atoms with Crippen molar-refractivity contribution >= 4 is 34.1 Å².